The van der Waals surface area contributed by atoms with Crippen LogP contribution in [-0.2, 0) is 9.84 Å². The van der Waals surface area contributed by atoms with Crippen LogP contribution in [0.5, 0.6) is 0 Å². The molecule has 176 valence electrons. The Morgan fingerprint density at radius 2 is 1.94 bits per heavy atom. The number of nitrogens with zero attached hydrogens (tertiary/aromatic N) is 2. The van der Waals surface area contributed by atoms with Gasteiger partial charge in [-0.3, -0.25) is 15.1 Å². The summed E-state index contributed by atoms with van der Waals surface area (Å²) >= 11 is 0. The van der Waals surface area contributed by atoms with E-state index in [1.54, 1.807) is 7.05 Å². The zero-order valence-electron chi connectivity index (χ0n) is 18.6. The lowest BCUT2D eigenvalue weighted by molar-refractivity contribution is -0.384. The van der Waals surface area contributed by atoms with Crippen LogP contribution in [-0.4, -0.2) is 52.2 Å². The van der Waals surface area contributed by atoms with Crippen molar-refractivity contribution in [2.75, 3.05) is 38.3 Å². The van der Waals surface area contributed by atoms with E-state index in [1.807, 2.05) is 0 Å². The summed E-state index contributed by atoms with van der Waals surface area (Å²) in [6, 6.07) is 3.87. The van der Waals surface area contributed by atoms with Gasteiger partial charge in [0.05, 0.1) is 9.82 Å². The van der Waals surface area contributed by atoms with Crippen LogP contribution in [0, 0.1) is 21.4 Å². The number of hydrogen-bond acceptors (Lipinski definition) is 6. The minimum atomic E-state index is -3.51. The maximum atomic E-state index is 11.6. The van der Waals surface area contributed by atoms with Gasteiger partial charge in [-0.25, -0.2) is 8.42 Å². The third-order valence-corrected chi connectivity index (χ3v) is 6.55. The van der Waals surface area contributed by atoms with Crippen LogP contribution in [0.3, 0.4) is 0 Å². The quantitative estimate of drug-likeness (QED) is 0.0988. The average Bonchev–Trinajstić information content (AvgIpc) is 2.63. The van der Waals surface area contributed by atoms with E-state index in [0.29, 0.717) is 30.4 Å². The summed E-state index contributed by atoms with van der Waals surface area (Å²) in [6.45, 7) is 6.30. The highest BCUT2D eigenvalue weighted by molar-refractivity contribution is 14.0. The Hall–Kier alpha value is -1.63. The zero-order valence-corrected chi connectivity index (χ0v) is 21.7. The number of nitro groups is 1. The molecule has 1 aliphatic carbocycles. The Morgan fingerprint density at radius 1 is 1.26 bits per heavy atom. The molecule has 11 heteroatoms. The molecule has 1 aromatic carbocycles. The molecule has 0 unspecified atom stereocenters. The third kappa shape index (κ3) is 8.09. The molecular weight excluding hydrogens is 533 g/mol. The minimum Gasteiger partial charge on any atom is -0.378 e. The first-order valence-corrected chi connectivity index (χ1v) is 12.1. The summed E-state index contributed by atoms with van der Waals surface area (Å²) in [5, 5.41) is 20.9. The van der Waals surface area contributed by atoms with E-state index in [2.05, 4.69) is 34.8 Å². The van der Waals surface area contributed by atoms with Gasteiger partial charge in [0.1, 0.15) is 5.69 Å². The first-order chi connectivity index (χ1) is 14.1. The van der Waals surface area contributed by atoms with E-state index < -0.39 is 14.8 Å². The normalized spacial score (nSPS) is 15.6. The third-order valence-electron chi connectivity index (χ3n) is 5.44. The van der Waals surface area contributed by atoms with Gasteiger partial charge in [0, 0.05) is 39.0 Å². The smallest absolute Gasteiger partial charge is 0.293 e. The number of hydrogen-bond donors (Lipinski definition) is 3. The highest BCUT2D eigenvalue weighted by atomic mass is 127. The summed E-state index contributed by atoms with van der Waals surface area (Å²) in [6.07, 6.45) is 5.98. The predicted octanol–water partition coefficient (Wildman–Crippen LogP) is 3.41. The molecule has 0 aromatic heterocycles. The summed E-state index contributed by atoms with van der Waals surface area (Å²) < 4.78 is 23.3. The first kappa shape index (κ1) is 27.4. The summed E-state index contributed by atoms with van der Waals surface area (Å²) in [5.74, 6) is 1.37. The molecule has 1 aliphatic rings. The van der Waals surface area contributed by atoms with Crippen LogP contribution in [0.4, 0.5) is 11.4 Å². The molecule has 31 heavy (non-hydrogen) atoms. The van der Waals surface area contributed by atoms with Gasteiger partial charge < -0.3 is 16.0 Å². The SMILES string of the molecule is CN=C(NCCNc1ccc(S(C)(=O)=O)cc1[N+](=O)[O-])NCC1(CC(C)C)CCC1.I. The Balaban J connectivity index is 0.00000480. The number of sulfone groups is 1. The van der Waals surface area contributed by atoms with E-state index in [0.717, 1.165) is 18.9 Å². The summed E-state index contributed by atoms with van der Waals surface area (Å²) in [7, 11) is -1.79. The monoisotopic (exact) mass is 567 g/mol. The van der Waals surface area contributed by atoms with E-state index >= 15 is 0 Å². The lowest BCUT2D eigenvalue weighted by atomic mass is 9.64. The standard InChI is InChI=1S/C20H33N5O4S.HI/c1-15(2)13-20(8-5-9-20)14-24-19(21-3)23-11-10-22-17-7-6-16(30(4,28)29)12-18(17)25(26)27;/h6-7,12,15,22H,5,8-11,13-14H2,1-4H3,(H2,21,23,24);1H. The van der Waals surface area contributed by atoms with Gasteiger partial charge >= 0.3 is 0 Å². The van der Waals surface area contributed by atoms with Gasteiger partial charge in [-0.2, -0.15) is 0 Å². The molecule has 2 rings (SSSR count). The van der Waals surface area contributed by atoms with Gasteiger partial charge in [0.15, 0.2) is 15.8 Å². The molecule has 0 bridgehead atoms. The van der Waals surface area contributed by atoms with Crippen molar-refractivity contribution in [3.8, 4) is 0 Å². The zero-order chi connectivity index (χ0) is 22.4. The van der Waals surface area contributed by atoms with Gasteiger partial charge in [-0.05, 0) is 42.7 Å². The van der Waals surface area contributed by atoms with Gasteiger partial charge in [-0.1, -0.05) is 20.3 Å². The van der Waals surface area contributed by atoms with E-state index in [1.165, 1.54) is 37.8 Å². The van der Waals surface area contributed by atoms with Crippen LogP contribution in [0.15, 0.2) is 28.1 Å². The largest absolute Gasteiger partial charge is 0.378 e. The second-order valence-corrected chi connectivity index (χ2v) is 10.5. The summed E-state index contributed by atoms with van der Waals surface area (Å²) in [5.41, 5.74) is 0.370. The van der Waals surface area contributed by atoms with E-state index in [-0.39, 0.29) is 40.2 Å². The molecule has 0 radical (unpaired) electrons. The van der Waals surface area contributed by atoms with Gasteiger partial charge in [0.25, 0.3) is 5.69 Å². The van der Waals surface area contributed by atoms with Crippen molar-refractivity contribution in [1.29, 1.82) is 0 Å². The Bertz CT molecular complexity index is 886. The minimum absolute atomic E-state index is 0. The van der Waals surface area contributed by atoms with Crippen molar-refractivity contribution >= 4 is 51.1 Å². The van der Waals surface area contributed by atoms with E-state index in [9.17, 15) is 18.5 Å². The molecule has 0 aliphatic heterocycles. The number of benzene rings is 1. The van der Waals surface area contributed by atoms with Crippen LogP contribution < -0.4 is 16.0 Å². The van der Waals surface area contributed by atoms with Crippen molar-refractivity contribution in [2.45, 2.75) is 44.4 Å². The Morgan fingerprint density at radius 3 is 2.42 bits per heavy atom. The van der Waals surface area contributed by atoms with Crippen LogP contribution >= 0.6 is 24.0 Å². The number of rotatable bonds is 10. The molecule has 0 atom stereocenters. The number of aliphatic imine (C=N–C) groups is 1. The van der Waals surface area contributed by atoms with Crippen molar-refractivity contribution in [3.63, 3.8) is 0 Å². The fourth-order valence-electron chi connectivity index (χ4n) is 3.91. The highest BCUT2D eigenvalue weighted by Crippen LogP contribution is 2.45. The van der Waals surface area contributed by atoms with Crippen LogP contribution in [0.1, 0.15) is 39.5 Å². The first-order valence-electron chi connectivity index (χ1n) is 10.2. The van der Waals surface area contributed by atoms with E-state index in [4.69, 9.17) is 0 Å². The average molecular weight is 567 g/mol. The molecule has 1 fully saturated rings. The van der Waals surface area contributed by atoms with Crippen molar-refractivity contribution in [3.05, 3.63) is 28.3 Å². The molecule has 0 amide bonds. The number of guanidine groups is 1. The van der Waals surface area contributed by atoms with Crippen molar-refractivity contribution in [2.24, 2.45) is 16.3 Å². The lowest BCUT2D eigenvalue weighted by Gasteiger charge is -2.43. The second kappa shape index (κ2) is 11.8. The number of nitrogens with one attached hydrogen (secondary N) is 3. The highest BCUT2D eigenvalue weighted by Gasteiger charge is 2.37. The van der Waals surface area contributed by atoms with Crippen LogP contribution in [0.25, 0.3) is 0 Å². The van der Waals surface area contributed by atoms with Crippen molar-refractivity contribution in [1.82, 2.24) is 10.6 Å². The molecule has 1 saturated carbocycles. The van der Waals surface area contributed by atoms with Crippen molar-refractivity contribution < 1.29 is 13.3 Å². The maximum Gasteiger partial charge on any atom is 0.293 e. The summed E-state index contributed by atoms with van der Waals surface area (Å²) in [4.78, 5) is 14.9. The fraction of sp³-hybridized carbons (Fsp3) is 0.650. The molecule has 3 N–H and O–H groups in total. The molecule has 1 aromatic rings. The second-order valence-electron chi connectivity index (χ2n) is 8.44. The predicted molar refractivity (Wildman–Crippen MR) is 135 cm³/mol. The maximum absolute atomic E-state index is 11.6. The fourth-order valence-corrected chi connectivity index (χ4v) is 4.55. The molecular formula is C20H34IN5O4S. The Labute approximate surface area is 202 Å². The number of nitro benzene ring substituents is 1. The Kier molecular flexibility index (Phi) is 10.5. The molecule has 9 nitrogen and oxygen atoms in total. The molecule has 0 spiro atoms. The lowest BCUT2D eigenvalue weighted by Crippen LogP contribution is -2.47. The number of anilines is 1. The van der Waals surface area contributed by atoms with Gasteiger partial charge in [0.2, 0.25) is 0 Å². The topological polar surface area (TPSA) is 126 Å². The number of halogens is 1. The van der Waals surface area contributed by atoms with Gasteiger partial charge in [-0.15, -0.1) is 24.0 Å². The molecule has 0 heterocycles. The van der Waals surface area contributed by atoms with Crippen LogP contribution in [0.2, 0.25) is 0 Å². The molecule has 0 saturated heterocycles.